The zero-order valence-electron chi connectivity index (χ0n) is 12.5. The fraction of sp³-hybridized carbons (Fsp3) is 0.312. The predicted molar refractivity (Wildman–Crippen MR) is 80.3 cm³/mol. The van der Waals surface area contributed by atoms with Crippen LogP contribution in [-0.2, 0) is 4.79 Å². The van der Waals surface area contributed by atoms with Crippen molar-refractivity contribution in [1.29, 1.82) is 10.5 Å². The van der Waals surface area contributed by atoms with E-state index < -0.39 is 5.41 Å². The maximum atomic E-state index is 12.1. The standard InChI is InChI=1S/C16H17N3O2/c1-16(2,3)15(20)19-13-6-5-7-14(21-4)12(13)8-11(9-17)10-18/h5-8H,1-4H3,(H,19,20). The first-order chi connectivity index (χ1) is 9.83. The monoisotopic (exact) mass is 283 g/mol. The summed E-state index contributed by atoms with van der Waals surface area (Å²) in [6.45, 7) is 5.40. The van der Waals surface area contributed by atoms with Gasteiger partial charge in [0.15, 0.2) is 0 Å². The highest BCUT2D eigenvalue weighted by Crippen LogP contribution is 2.30. The molecule has 0 aliphatic heterocycles. The molecule has 0 atom stereocenters. The molecule has 1 aromatic rings. The number of carbonyl (C=O) groups is 1. The number of amides is 1. The molecule has 0 fully saturated rings. The van der Waals surface area contributed by atoms with Crippen LogP contribution in [0.3, 0.4) is 0 Å². The van der Waals surface area contributed by atoms with E-state index in [0.29, 0.717) is 17.0 Å². The van der Waals surface area contributed by atoms with Crippen molar-refractivity contribution in [3.05, 3.63) is 29.3 Å². The van der Waals surface area contributed by atoms with Gasteiger partial charge in [0, 0.05) is 11.0 Å². The number of benzene rings is 1. The summed E-state index contributed by atoms with van der Waals surface area (Å²) < 4.78 is 5.23. The number of rotatable bonds is 3. The Hall–Kier alpha value is -2.79. The lowest BCUT2D eigenvalue weighted by molar-refractivity contribution is -0.123. The van der Waals surface area contributed by atoms with Gasteiger partial charge in [-0.05, 0) is 18.2 Å². The Kier molecular flexibility index (Phi) is 5.10. The number of nitrogens with zero attached hydrogens (tertiary/aromatic N) is 2. The molecular weight excluding hydrogens is 266 g/mol. The number of hydrogen-bond acceptors (Lipinski definition) is 4. The summed E-state index contributed by atoms with van der Waals surface area (Å²) in [5.41, 5.74) is 0.371. The van der Waals surface area contributed by atoms with E-state index in [1.807, 2.05) is 0 Å². The van der Waals surface area contributed by atoms with Crippen LogP contribution in [0.25, 0.3) is 6.08 Å². The molecule has 0 aromatic heterocycles. The number of allylic oxidation sites excluding steroid dienone is 1. The summed E-state index contributed by atoms with van der Waals surface area (Å²) in [7, 11) is 1.49. The Labute approximate surface area is 124 Å². The highest BCUT2D eigenvalue weighted by Gasteiger charge is 2.22. The van der Waals surface area contributed by atoms with E-state index >= 15 is 0 Å². The van der Waals surface area contributed by atoms with Crippen LogP contribution < -0.4 is 10.1 Å². The van der Waals surface area contributed by atoms with Gasteiger partial charge in [-0.25, -0.2) is 0 Å². The van der Waals surface area contributed by atoms with Crippen molar-refractivity contribution in [2.45, 2.75) is 20.8 Å². The van der Waals surface area contributed by atoms with Gasteiger partial charge >= 0.3 is 0 Å². The van der Waals surface area contributed by atoms with Crippen molar-refractivity contribution >= 4 is 17.7 Å². The molecule has 5 nitrogen and oxygen atoms in total. The molecule has 5 heteroatoms. The van der Waals surface area contributed by atoms with E-state index in [4.69, 9.17) is 15.3 Å². The van der Waals surface area contributed by atoms with Crippen molar-refractivity contribution in [3.63, 3.8) is 0 Å². The van der Waals surface area contributed by atoms with Crippen molar-refractivity contribution in [3.8, 4) is 17.9 Å². The number of carbonyl (C=O) groups excluding carboxylic acids is 1. The minimum Gasteiger partial charge on any atom is -0.496 e. The van der Waals surface area contributed by atoms with Gasteiger partial charge in [0.2, 0.25) is 5.91 Å². The molecule has 0 heterocycles. The fourth-order valence-corrected chi connectivity index (χ4v) is 1.52. The Bertz CT molecular complexity index is 640. The zero-order valence-corrected chi connectivity index (χ0v) is 12.5. The van der Waals surface area contributed by atoms with Crippen LogP contribution in [0.5, 0.6) is 5.75 Å². The second-order valence-electron chi connectivity index (χ2n) is 5.41. The van der Waals surface area contributed by atoms with Gasteiger partial charge in [0.25, 0.3) is 0 Å². The van der Waals surface area contributed by atoms with Gasteiger partial charge in [-0.15, -0.1) is 0 Å². The van der Waals surface area contributed by atoms with Gasteiger partial charge in [-0.1, -0.05) is 26.8 Å². The van der Waals surface area contributed by atoms with Crippen LogP contribution in [0.15, 0.2) is 23.8 Å². The SMILES string of the molecule is COc1cccc(NC(=O)C(C)(C)C)c1C=C(C#N)C#N. The molecule has 0 aliphatic rings. The molecule has 1 amide bonds. The third-order valence-electron chi connectivity index (χ3n) is 2.74. The Morgan fingerprint density at radius 1 is 1.29 bits per heavy atom. The van der Waals surface area contributed by atoms with E-state index in [2.05, 4.69) is 5.32 Å². The molecule has 1 N–H and O–H groups in total. The molecule has 21 heavy (non-hydrogen) atoms. The molecule has 1 aromatic carbocycles. The Morgan fingerprint density at radius 3 is 2.38 bits per heavy atom. The quantitative estimate of drug-likeness (QED) is 0.863. The number of ether oxygens (including phenoxy) is 1. The Morgan fingerprint density at radius 2 is 1.90 bits per heavy atom. The van der Waals surface area contributed by atoms with Gasteiger partial charge in [0.05, 0.1) is 12.8 Å². The highest BCUT2D eigenvalue weighted by molar-refractivity contribution is 5.97. The molecule has 1 rings (SSSR count). The lowest BCUT2D eigenvalue weighted by Crippen LogP contribution is -2.27. The van der Waals surface area contributed by atoms with Crippen LogP contribution in [-0.4, -0.2) is 13.0 Å². The van der Waals surface area contributed by atoms with Crippen LogP contribution in [0.2, 0.25) is 0 Å². The van der Waals surface area contributed by atoms with Gasteiger partial charge in [-0.2, -0.15) is 10.5 Å². The lowest BCUT2D eigenvalue weighted by atomic mass is 9.95. The Balaban J connectivity index is 3.35. The number of nitrogens with one attached hydrogen (secondary N) is 1. The number of hydrogen-bond donors (Lipinski definition) is 1. The van der Waals surface area contributed by atoms with E-state index in [1.54, 1.807) is 51.1 Å². The normalized spacial score (nSPS) is 10.0. The zero-order chi connectivity index (χ0) is 16.0. The van der Waals surface area contributed by atoms with E-state index in [0.717, 1.165) is 0 Å². The largest absolute Gasteiger partial charge is 0.496 e. The van der Waals surface area contributed by atoms with Crippen LogP contribution in [0.4, 0.5) is 5.69 Å². The maximum Gasteiger partial charge on any atom is 0.229 e. The van der Waals surface area contributed by atoms with E-state index in [-0.39, 0.29) is 11.5 Å². The molecular formula is C16H17N3O2. The second-order valence-corrected chi connectivity index (χ2v) is 5.41. The number of methoxy groups -OCH3 is 1. The first-order valence-electron chi connectivity index (χ1n) is 6.34. The van der Waals surface area contributed by atoms with Crippen molar-refractivity contribution in [2.75, 3.05) is 12.4 Å². The van der Waals surface area contributed by atoms with Crippen LogP contribution in [0.1, 0.15) is 26.3 Å². The van der Waals surface area contributed by atoms with Crippen molar-refractivity contribution < 1.29 is 9.53 Å². The molecule has 108 valence electrons. The molecule has 0 aliphatic carbocycles. The summed E-state index contributed by atoms with van der Waals surface area (Å²) in [6, 6.07) is 8.72. The fourth-order valence-electron chi connectivity index (χ4n) is 1.52. The third kappa shape index (κ3) is 4.09. The average Bonchev–Trinajstić information content (AvgIpc) is 2.44. The third-order valence-corrected chi connectivity index (χ3v) is 2.74. The summed E-state index contributed by atoms with van der Waals surface area (Å²) in [5.74, 6) is 0.311. The smallest absolute Gasteiger partial charge is 0.229 e. The van der Waals surface area contributed by atoms with Gasteiger partial charge in [0.1, 0.15) is 23.5 Å². The van der Waals surface area contributed by atoms with Gasteiger partial charge < -0.3 is 10.1 Å². The number of anilines is 1. The lowest BCUT2D eigenvalue weighted by Gasteiger charge is -2.19. The van der Waals surface area contributed by atoms with Crippen molar-refractivity contribution in [2.24, 2.45) is 5.41 Å². The molecule has 0 unspecified atom stereocenters. The molecule has 0 radical (unpaired) electrons. The first kappa shape index (κ1) is 16.3. The summed E-state index contributed by atoms with van der Waals surface area (Å²) in [4.78, 5) is 12.1. The summed E-state index contributed by atoms with van der Waals surface area (Å²) in [6.07, 6.45) is 1.40. The molecule has 0 saturated heterocycles. The van der Waals surface area contributed by atoms with E-state index in [9.17, 15) is 4.79 Å². The summed E-state index contributed by atoms with van der Waals surface area (Å²) in [5, 5.41) is 20.6. The second kappa shape index (κ2) is 6.58. The number of nitriles is 2. The molecule has 0 spiro atoms. The van der Waals surface area contributed by atoms with E-state index in [1.165, 1.54) is 13.2 Å². The van der Waals surface area contributed by atoms with Crippen LogP contribution >= 0.6 is 0 Å². The minimum atomic E-state index is -0.558. The average molecular weight is 283 g/mol. The first-order valence-corrected chi connectivity index (χ1v) is 6.34. The van der Waals surface area contributed by atoms with Crippen molar-refractivity contribution in [1.82, 2.24) is 0 Å². The summed E-state index contributed by atoms with van der Waals surface area (Å²) >= 11 is 0. The molecule has 0 saturated carbocycles. The van der Waals surface area contributed by atoms with Gasteiger partial charge in [-0.3, -0.25) is 4.79 Å². The maximum absolute atomic E-state index is 12.1. The highest BCUT2D eigenvalue weighted by atomic mass is 16.5. The minimum absolute atomic E-state index is 0.0641. The van der Waals surface area contributed by atoms with Crippen LogP contribution in [0, 0.1) is 28.1 Å². The molecule has 0 bridgehead atoms. The topological polar surface area (TPSA) is 85.9 Å². The predicted octanol–water partition coefficient (Wildman–Crippen LogP) is 3.11.